The average molecular weight is 379 g/mol. The highest BCUT2D eigenvalue weighted by molar-refractivity contribution is 8.14. The van der Waals surface area contributed by atoms with Crippen LogP contribution < -0.4 is 5.69 Å². The normalized spacial score (nSPS) is 24.5. The van der Waals surface area contributed by atoms with Gasteiger partial charge in [0.05, 0.1) is 22.8 Å². The fourth-order valence-corrected chi connectivity index (χ4v) is 5.28. The van der Waals surface area contributed by atoms with E-state index in [1.54, 1.807) is 9.13 Å². The molecule has 27 heavy (non-hydrogen) atoms. The van der Waals surface area contributed by atoms with Crippen LogP contribution in [0.3, 0.4) is 0 Å². The van der Waals surface area contributed by atoms with E-state index >= 15 is 0 Å². The second-order valence-corrected chi connectivity index (χ2v) is 8.69. The van der Waals surface area contributed by atoms with Crippen molar-refractivity contribution in [2.75, 3.05) is 6.54 Å². The van der Waals surface area contributed by atoms with Gasteiger partial charge in [-0.3, -0.25) is 19.1 Å². The first kappa shape index (κ1) is 16.6. The Balaban J connectivity index is 1.66. The molecule has 2 aliphatic rings. The quantitative estimate of drug-likeness (QED) is 0.687. The summed E-state index contributed by atoms with van der Waals surface area (Å²) in [6.45, 7) is 3.21. The minimum absolute atomic E-state index is 0.00265. The van der Waals surface area contributed by atoms with Crippen molar-refractivity contribution in [2.24, 2.45) is 19.1 Å². The molecule has 0 bridgehead atoms. The molecule has 2 aliphatic heterocycles. The molecular weight excluding hydrogens is 358 g/mol. The van der Waals surface area contributed by atoms with Gasteiger partial charge < -0.3 is 4.90 Å². The fraction of sp³-hybridized carbons (Fsp3) is 0.350. The minimum atomic E-state index is -0.0283. The number of amidine groups is 1. The van der Waals surface area contributed by atoms with Crippen molar-refractivity contribution in [1.29, 1.82) is 0 Å². The van der Waals surface area contributed by atoms with Gasteiger partial charge in [-0.05, 0) is 29.8 Å². The van der Waals surface area contributed by atoms with Crippen molar-refractivity contribution in [3.63, 3.8) is 0 Å². The van der Waals surface area contributed by atoms with E-state index in [2.05, 4.69) is 35.0 Å². The molecule has 1 fully saturated rings. The van der Waals surface area contributed by atoms with Crippen LogP contribution in [0.2, 0.25) is 0 Å². The van der Waals surface area contributed by atoms with Crippen molar-refractivity contribution in [3.8, 4) is 0 Å². The lowest BCUT2D eigenvalue weighted by molar-refractivity contribution is 0.321. The standard InChI is InChI=1S/C20H21N5OS/c1-12-11-25-18(17(22-19(25)27-12)14-6-4-5-9-21-14)13-7-8-15-16(10-13)24(3)20(26)23(15)2/h4-10,12,17-18H,11H2,1-3H3/t12-,17+,18-/m0/s1. The van der Waals surface area contributed by atoms with E-state index in [0.29, 0.717) is 5.25 Å². The van der Waals surface area contributed by atoms with E-state index in [1.807, 2.05) is 50.3 Å². The molecule has 2 aromatic heterocycles. The summed E-state index contributed by atoms with van der Waals surface area (Å²) in [4.78, 5) is 24.3. The maximum Gasteiger partial charge on any atom is 0.328 e. The van der Waals surface area contributed by atoms with Crippen molar-refractivity contribution < 1.29 is 0 Å². The van der Waals surface area contributed by atoms with E-state index in [0.717, 1.165) is 28.4 Å². The molecule has 6 nitrogen and oxygen atoms in total. The second-order valence-electron chi connectivity index (χ2n) is 7.29. The lowest BCUT2D eigenvalue weighted by Crippen LogP contribution is -2.28. The number of pyridine rings is 1. The summed E-state index contributed by atoms with van der Waals surface area (Å²) in [5.74, 6) is 0. The third-order valence-corrected chi connectivity index (χ3v) is 6.62. The SMILES string of the molecule is C[C@H]1CN2C(=N[C@H](c3ccccn3)[C@@H]2c2ccc3c(c2)n(C)c(=O)n3C)S1. The predicted octanol–water partition coefficient (Wildman–Crippen LogP) is 2.86. The minimum Gasteiger partial charge on any atom is -0.341 e. The number of nitrogens with zero attached hydrogens (tertiary/aromatic N) is 5. The van der Waals surface area contributed by atoms with Gasteiger partial charge in [0.1, 0.15) is 6.04 Å². The molecule has 3 aromatic rings. The number of aromatic nitrogens is 3. The van der Waals surface area contributed by atoms with Gasteiger partial charge in [0.15, 0.2) is 5.17 Å². The number of hydrogen-bond acceptors (Lipinski definition) is 5. The predicted molar refractivity (Wildman–Crippen MR) is 109 cm³/mol. The zero-order valence-electron chi connectivity index (χ0n) is 15.5. The molecule has 0 unspecified atom stereocenters. The largest absolute Gasteiger partial charge is 0.341 e. The average Bonchev–Trinajstić information content (AvgIpc) is 3.28. The number of rotatable bonds is 2. The number of benzene rings is 1. The monoisotopic (exact) mass is 379 g/mol. The van der Waals surface area contributed by atoms with Crippen LogP contribution in [-0.2, 0) is 14.1 Å². The Hall–Kier alpha value is -2.54. The molecule has 0 saturated carbocycles. The molecule has 5 rings (SSSR count). The number of imidazole rings is 1. The highest BCUT2D eigenvalue weighted by atomic mass is 32.2. The summed E-state index contributed by atoms with van der Waals surface area (Å²) >= 11 is 1.84. The highest BCUT2D eigenvalue weighted by Crippen LogP contribution is 2.47. The molecule has 0 amide bonds. The first-order valence-corrected chi connectivity index (χ1v) is 10.00. The van der Waals surface area contributed by atoms with Crippen LogP contribution in [0.25, 0.3) is 11.0 Å². The molecule has 138 valence electrons. The number of hydrogen-bond donors (Lipinski definition) is 0. The van der Waals surface area contributed by atoms with Gasteiger partial charge in [0.25, 0.3) is 0 Å². The van der Waals surface area contributed by atoms with E-state index in [9.17, 15) is 4.79 Å². The lowest BCUT2D eigenvalue weighted by atomic mass is 9.96. The Morgan fingerprint density at radius 3 is 2.70 bits per heavy atom. The van der Waals surface area contributed by atoms with E-state index in [4.69, 9.17) is 4.99 Å². The highest BCUT2D eigenvalue weighted by Gasteiger charge is 2.43. The van der Waals surface area contributed by atoms with Crippen LogP contribution in [0, 0.1) is 0 Å². The van der Waals surface area contributed by atoms with Gasteiger partial charge in [-0.1, -0.05) is 30.8 Å². The Labute approximate surface area is 161 Å². The van der Waals surface area contributed by atoms with Gasteiger partial charge >= 0.3 is 5.69 Å². The van der Waals surface area contributed by atoms with Gasteiger partial charge in [0, 0.05) is 32.1 Å². The van der Waals surface area contributed by atoms with Crippen molar-refractivity contribution in [1.82, 2.24) is 19.0 Å². The smallest absolute Gasteiger partial charge is 0.328 e. The van der Waals surface area contributed by atoms with Crippen LogP contribution in [0.4, 0.5) is 0 Å². The summed E-state index contributed by atoms with van der Waals surface area (Å²) in [7, 11) is 3.64. The summed E-state index contributed by atoms with van der Waals surface area (Å²) in [6.07, 6.45) is 1.83. The summed E-state index contributed by atoms with van der Waals surface area (Å²) in [6, 6.07) is 12.4. The number of aliphatic imine (C=N–C) groups is 1. The summed E-state index contributed by atoms with van der Waals surface area (Å²) < 4.78 is 3.41. The van der Waals surface area contributed by atoms with Gasteiger partial charge in [-0.25, -0.2) is 4.79 Å². The van der Waals surface area contributed by atoms with Crippen LogP contribution >= 0.6 is 11.8 Å². The van der Waals surface area contributed by atoms with Gasteiger partial charge in [-0.15, -0.1) is 0 Å². The topological polar surface area (TPSA) is 55.4 Å². The Kier molecular flexibility index (Phi) is 3.69. The Morgan fingerprint density at radius 1 is 1.11 bits per heavy atom. The molecule has 1 aromatic carbocycles. The summed E-state index contributed by atoms with van der Waals surface area (Å²) in [5, 5.41) is 1.63. The zero-order chi connectivity index (χ0) is 18.7. The maximum atomic E-state index is 12.3. The second kappa shape index (κ2) is 5.99. The van der Waals surface area contributed by atoms with Crippen LogP contribution in [0.5, 0.6) is 0 Å². The van der Waals surface area contributed by atoms with E-state index in [-0.39, 0.29) is 17.8 Å². The third-order valence-electron chi connectivity index (χ3n) is 5.52. The molecule has 1 saturated heterocycles. The van der Waals surface area contributed by atoms with Crippen molar-refractivity contribution >= 4 is 28.0 Å². The molecule has 4 heterocycles. The van der Waals surface area contributed by atoms with Crippen molar-refractivity contribution in [2.45, 2.75) is 24.3 Å². The Morgan fingerprint density at radius 2 is 1.93 bits per heavy atom. The number of fused-ring (bicyclic) bond motifs is 2. The van der Waals surface area contributed by atoms with Crippen LogP contribution in [0.1, 0.15) is 30.3 Å². The first-order chi connectivity index (χ1) is 13.0. The lowest BCUT2D eigenvalue weighted by Gasteiger charge is -2.27. The van der Waals surface area contributed by atoms with Crippen LogP contribution in [0.15, 0.2) is 52.4 Å². The van der Waals surface area contributed by atoms with Gasteiger partial charge in [-0.2, -0.15) is 0 Å². The summed E-state index contributed by atoms with van der Waals surface area (Å²) in [5.41, 5.74) is 4.06. The molecule has 0 radical (unpaired) electrons. The molecule has 3 atom stereocenters. The van der Waals surface area contributed by atoms with Crippen molar-refractivity contribution in [3.05, 3.63) is 64.3 Å². The Bertz CT molecular complexity index is 1120. The number of thioether (sulfide) groups is 1. The van der Waals surface area contributed by atoms with Gasteiger partial charge in [0.2, 0.25) is 0 Å². The third kappa shape index (κ3) is 2.45. The van der Waals surface area contributed by atoms with E-state index < -0.39 is 0 Å². The fourth-order valence-electron chi connectivity index (χ4n) is 4.19. The number of aryl methyl sites for hydroxylation is 2. The molecular formula is C20H21N5OS. The van der Waals surface area contributed by atoms with Crippen LogP contribution in [-0.4, -0.2) is 36.0 Å². The molecule has 0 spiro atoms. The molecule has 0 N–H and O–H groups in total. The molecule has 0 aliphatic carbocycles. The zero-order valence-corrected chi connectivity index (χ0v) is 16.3. The van der Waals surface area contributed by atoms with E-state index in [1.165, 1.54) is 5.56 Å². The molecule has 7 heteroatoms. The maximum absolute atomic E-state index is 12.3. The first-order valence-electron chi connectivity index (χ1n) is 9.12.